The maximum absolute atomic E-state index is 10.6. The molecule has 8 N–H and O–H groups in total. The zero-order valence-electron chi connectivity index (χ0n) is 19.4. The van der Waals surface area contributed by atoms with Crippen molar-refractivity contribution in [3.05, 3.63) is 0 Å². The Balaban J connectivity index is 1.55. The van der Waals surface area contributed by atoms with Crippen LogP contribution in [0.2, 0.25) is 0 Å². The van der Waals surface area contributed by atoms with E-state index in [1.54, 1.807) is 13.8 Å². The van der Waals surface area contributed by atoms with E-state index in [0.29, 0.717) is 0 Å². The summed E-state index contributed by atoms with van der Waals surface area (Å²) in [5.41, 5.74) is 0. The van der Waals surface area contributed by atoms with Crippen LogP contribution in [-0.4, -0.2) is 140 Å². The van der Waals surface area contributed by atoms with Crippen LogP contribution in [0.4, 0.5) is 0 Å². The Bertz CT molecular complexity index is 640. The van der Waals surface area contributed by atoms with Gasteiger partial charge in [-0.15, -0.1) is 0 Å². The molecule has 0 aromatic carbocycles. The summed E-state index contributed by atoms with van der Waals surface area (Å²) in [4.78, 5) is 0. The maximum atomic E-state index is 10.6. The summed E-state index contributed by atoms with van der Waals surface area (Å²) in [6, 6.07) is 0. The molecule has 3 aliphatic rings. The van der Waals surface area contributed by atoms with Gasteiger partial charge in [0.25, 0.3) is 0 Å². The van der Waals surface area contributed by atoms with E-state index < -0.39 is 98.2 Å². The molecule has 34 heavy (non-hydrogen) atoms. The third-order valence-electron chi connectivity index (χ3n) is 7.04. The molecule has 15 atom stereocenters. The van der Waals surface area contributed by atoms with E-state index in [0.717, 1.165) is 0 Å². The van der Waals surface area contributed by atoms with Gasteiger partial charge >= 0.3 is 0 Å². The number of ether oxygens (including phenoxy) is 5. The van der Waals surface area contributed by atoms with E-state index in [4.69, 9.17) is 23.7 Å². The molecule has 200 valence electrons. The first kappa shape index (κ1) is 28.1. The summed E-state index contributed by atoms with van der Waals surface area (Å²) in [5.74, 6) is -1.57. The SMILES string of the molecule is CC1OC(OCC2C(C)OC(OCC3C(O)C(C)OC(CO)C3O)C(O)C2O)C(O)C(O)C1O. The quantitative estimate of drug-likeness (QED) is 0.169. The Morgan fingerprint density at radius 2 is 1.03 bits per heavy atom. The number of aliphatic hydroxyl groups excluding tert-OH is 8. The zero-order chi connectivity index (χ0) is 25.3. The van der Waals surface area contributed by atoms with Crippen LogP contribution >= 0.6 is 0 Å². The van der Waals surface area contributed by atoms with Crippen molar-refractivity contribution in [3.63, 3.8) is 0 Å². The van der Waals surface area contributed by atoms with E-state index >= 15 is 0 Å². The third-order valence-corrected chi connectivity index (χ3v) is 7.04. The molecular formula is C21H38O13. The van der Waals surface area contributed by atoms with E-state index in [1.165, 1.54) is 6.92 Å². The van der Waals surface area contributed by atoms with Crippen molar-refractivity contribution < 1.29 is 64.5 Å². The van der Waals surface area contributed by atoms with Crippen molar-refractivity contribution in [2.45, 2.75) is 100 Å². The van der Waals surface area contributed by atoms with Crippen LogP contribution in [0.5, 0.6) is 0 Å². The molecule has 3 fully saturated rings. The minimum absolute atomic E-state index is 0.198. The average Bonchev–Trinajstić information content (AvgIpc) is 2.80. The Hall–Kier alpha value is -0.520. The monoisotopic (exact) mass is 498 g/mol. The second kappa shape index (κ2) is 11.7. The van der Waals surface area contributed by atoms with Crippen LogP contribution in [0, 0.1) is 11.8 Å². The van der Waals surface area contributed by atoms with E-state index in [2.05, 4.69) is 0 Å². The molecule has 0 saturated carbocycles. The summed E-state index contributed by atoms with van der Waals surface area (Å²) in [7, 11) is 0. The molecule has 13 heteroatoms. The van der Waals surface area contributed by atoms with Crippen LogP contribution in [0.3, 0.4) is 0 Å². The molecule has 3 aliphatic heterocycles. The first-order valence-corrected chi connectivity index (χ1v) is 11.5. The minimum atomic E-state index is -1.51. The highest BCUT2D eigenvalue weighted by Crippen LogP contribution is 2.31. The first-order chi connectivity index (χ1) is 16.0. The van der Waals surface area contributed by atoms with Crippen molar-refractivity contribution in [2.75, 3.05) is 19.8 Å². The molecule has 0 aromatic heterocycles. The van der Waals surface area contributed by atoms with Crippen molar-refractivity contribution in [1.29, 1.82) is 0 Å². The molecule has 3 heterocycles. The fraction of sp³-hybridized carbons (Fsp3) is 1.00. The van der Waals surface area contributed by atoms with E-state index in [-0.39, 0.29) is 13.2 Å². The smallest absolute Gasteiger partial charge is 0.186 e. The lowest BCUT2D eigenvalue weighted by Gasteiger charge is -2.44. The highest BCUT2D eigenvalue weighted by Gasteiger charge is 2.48. The average molecular weight is 499 g/mol. The Kier molecular flexibility index (Phi) is 9.64. The zero-order valence-corrected chi connectivity index (χ0v) is 19.4. The highest BCUT2D eigenvalue weighted by atomic mass is 16.7. The molecule has 0 radical (unpaired) electrons. The summed E-state index contributed by atoms with van der Waals surface area (Å²) in [5, 5.41) is 81.1. The molecular weight excluding hydrogens is 460 g/mol. The van der Waals surface area contributed by atoms with Crippen molar-refractivity contribution in [2.24, 2.45) is 11.8 Å². The van der Waals surface area contributed by atoms with Crippen LogP contribution in [0.15, 0.2) is 0 Å². The number of hydrogen-bond donors (Lipinski definition) is 8. The fourth-order valence-electron chi connectivity index (χ4n) is 4.63. The van der Waals surface area contributed by atoms with Crippen LogP contribution < -0.4 is 0 Å². The van der Waals surface area contributed by atoms with Crippen molar-refractivity contribution >= 4 is 0 Å². The molecule has 3 saturated heterocycles. The van der Waals surface area contributed by atoms with Gasteiger partial charge in [0.05, 0.1) is 56.4 Å². The molecule has 0 aliphatic carbocycles. The van der Waals surface area contributed by atoms with Gasteiger partial charge in [0, 0.05) is 11.8 Å². The second-order valence-corrected chi connectivity index (χ2v) is 9.41. The lowest BCUT2D eigenvalue weighted by Crippen LogP contribution is -2.60. The molecule has 0 aromatic rings. The predicted octanol–water partition coefficient (Wildman–Crippen LogP) is -3.95. The fourth-order valence-corrected chi connectivity index (χ4v) is 4.63. The Morgan fingerprint density at radius 1 is 0.529 bits per heavy atom. The number of rotatable bonds is 7. The van der Waals surface area contributed by atoms with Gasteiger partial charge < -0.3 is 64.5 Å². The molecule has 0 amide bonds. The van der Waals surface area contributed by atoms with Gasteiger partial charge in [-0.3, -0.25) is 0 Å². The van der Waals surface area contributed by atoms with Gasteiger partial charge in [0.2, 0.25) is 0 Å². The van der Waals surface area contributed by atoms with E-state index in [1.807, 2.05) is 0 Å². The first-order valence-electron chi connectivity index (χ1n) is 11.5. The van der Waals surface area contributed by atoms with Gasteiger partial charge in [-0.1, -0.05) is 0 Å². The molecule has 3 rings (SSSR count). The summed E-state index contributed by atoms with van der Waals surface area (Å²) >= 11 is 0. The van der Waals surface area contributed by atoms with Crippen LogP contribution in [0.1, 0.15) is 20.8 Å². The Morgan fingerprint density at radius 3 is 1.62 bits per heavy atom. The molecule has 0 spiro atoms. The lowest BCUT2D eigenvalue weighted by molar-refractivity contribution is -0.319. The summed E-state index contributed by atoms with van der Waals surface area (Å²) in [6.07, 6.45) is -14.9. The topological polar surface area (TPSA) is 208 Å². The lowest BCUT2D eigenvalue weighted by atomic mass is 9.87. The minimum Gasteiger partial charge on any atom is -0.394 e. The maximum Gasteiger partial charge on any atom is 0.186 e. The van der Waals surface area contributed by atoms with Gasteiger partial charge in [-0.05, 0) is 20.8 Å². The van der Waals surface area contributed by atoms with Crippen LogP contribution in [0.25, 0.3) is 0 Å². The predicted molar refractivity (Wildman–Crippen MR) is 111 cm³/mol. The largest absolute Gasteiger partial charge is 0.394 e. The molecule has 13 nitrogen and oxygen atoms in total. The number of hydrogen-bond acceptors (Lipinski definition) is 13. The highest BCUT2D eigenvalue weighted by molar-refractivity contribution is 4.92. The molecule has 0 bridgehead atoms. The van der Waals surface area contributed by atoms with Gasteiger partial charge in [0.1, 0.15) is 30.5 Å². The van der Waals surface area contributed by atoms with Gasteiger partial charge in [0.15, 0.2) is 12.6 Å². The molecule has 15 unspecified atom stereocenters. The van der Waals surface area contributed by atoms with Gasteiger partial charge in [-0.2, -0.15) is 0 Å². The Labute approximate surface area is 197 Å². The van der Waals surface area contributed by atoms with Crippen molar-refractivity contribution in [1.82, 2.24) is 0 Å². The normalized spacial score (nSPS) is 52.5. The third kappa shape index (κ3) is 5.72. The second-order valence-electron chi connectivity index (χ2n) is 9.41. The summed E-state index contributed by atoms with van der Waals surface area (Å²) < 4.78 is 27.6. The van der Waals surface area contributed by atoms with Gasteiger partial charge in [-0.25, -0.2) is 0 Å². The summed E-state index contributed by atoms with van der Waals surface area (Å²) in [6.45, 7) is 3.87. The van der Waals surface area contributed by atoms with Crippen LogP contribution in [-0.2, 0) is 23.7 Å². The number of aliphatic hydroxyl groups is 8. The van der Waals surface area contributed by atoms with E-state index in [9.17, 15) is 40.9 Å². The van der Waals surface area contributed by atoms with Crippen molar-refractivity contribution in [3.8, 4) is 0 Å². The standard InChI is InChI=1S/C21H38O13/c1-7-10(5-30-21-19(29)17(27)14(24)9(3)34-21)16(26)18(28)20(33-7)31-6-11-13(23)8(2)32-12(4-22)15(11)25/h7-29H,4-6H2,1-3H3.